The van der Waals surface area contributed by atoms with E-state index in [-0.39, 0.29) is 6.42 Å². The quantitative estimate of drug-likeness (QED) is 0.104. The molecule has 0 saturated heterocycles. The molecule has 0 aromatic heterocycles. The van der Waals surface area contributed by atoms with Crippen LogP contribution >= 0.6 is 11.9 Å². The first-order chi connectivity index (χ1) is 20.8. The third-order valence-corrected chi connectivity index (χ3v) is 9.30. The van der Waals surface area contributed by atoms with Crippen molar-refractivity contribution in [2.24, 2.45) is 0 Å². The molecule has 0 aliphatic carbocycles. The van der Waals surface area contributed by atoms with E-state index in [1.165, 1.54) is 41.5 Å². The van der Waals surface area contributed by atoms with Crippen LogP contribution in [0.15, 0.2) is 66.7 Å². The molecule has 222 valence electrons. The molecule has 4 aromatic carbocycles. The average Bonchev–Trinajstić information content (AvgIpc) is 3.02. The predicted molar refractivity (Wildman–Crippen MR) is 181 cm³/mol. The van der Waals surface area contributed by atoms with Gasteiger partial charge < -0.3 is 4.31 Å². The molecule has 0 saturated carbocycles. The monoisotopic (exact) mass is 593 g/mol. The Morgan fingerprint density at radius 3 is 2.28 bits per heavy atom. The van der Waals surface area contributed by atoms with Crippen molar-refractivity contribution in [1.29, 1.82) is 0 Å². The summed E-state index contributed by atoms with van der Waals surface area (Å²) in [6, 6.07) is 23.9. The molecule has 0 spiro atoms. The molecule has 1 heterocycles. The zero-order valence-electron chi connectivity index (χ0n) is 25.8. The van der Waals surface area contributed by atoms with Crippen molar-refractivity contribution >= 4 is 35.8 Å². The Kier molecular flexibility index (Phi) is 9.72. The molecule has 1 aliphatic rings. The van der Waals surface area contributed by atoms with Gasteiger partial charge in [0.1, 0.15) is 0 Å². The molecule has 0 bridgehead atoms. The maximum Gasteiger partial charge on any atom is 0.353 e. The molecule has 0 N–H and O–H groups in total. The second-order valence-electron chi connectivity index (χ2n) is 11.5. The fourth-order valence-electron chi connectivity index (χ4n) is 6.24. The molecular weight excluding hydrogens is 553 g/mol. The van der Waals surface area contributed by atoms with Gasteiger partial charge in [0.05, 0.1) is 18.7 Å². The van der Waals surface area contributed by atoms with Gasteiger partial charge in [0, 0.05) is 16.3 Å². The van der Waals surface area contributed by atoms with Crippen molar-refractivity contribution in [3.05, 3.63) is 111 Å². The summed E-state index contributed by atoms with van der Waals surface area (Å²) in [6.45, 7) is 9.18. The highest BCUT2D eigenvalue weighted by molar-refractivity contribution is 7.99. The number of carbonyl (C=O) groups excluding carboxylic acids is 1. The summed E-state index contributed by atoms with van der Waals surface area (Å²) in [5.41, 5.74) is 14.4. The second kappa shape index (κ2) is 13.6. The Balaban J connectivity index is 1.56. The molecule has 0 unspecified atom stereocenters. The topological polar surface area (TPSA) is 29.5 Å². The number of nitrogens with zero attached hydrogens (tertiary/aromatic N) is 1. The Bertz CT molecular complexity index is 1640. The summed E-state index contributed by atoms with van der Waals surface area (Å²) in [6.07, 6.45) is 11.2. The van der Waals surface area contributed by atoms with Gasteiger partial charge in [-0.05, 0) is 95.3 Å². The van der Waals surface area contributed by atoms with Gasteiger partial charge in [-0.2, -0.15) is 0 Å². The van der Waals surface area contributed by atoms with Gasteiger partial charge in [-0.3, -0.25) is 4.94 Å². The first-order valence-electron chi connectivity index (χ1n) is 15.1. The van der Waals surface area contributed by atoms with Gasteiger partial charge in [-0.15, -0.1) is 0 Å². The lowest BCUT2D eigenvalue weighted by Crippen LogP contribution is -2.22. The van der Waals surface area contributed by atoms with Crippen molar-refractivity contribution in [3.8, 4) is 22.3 Å². The van der Waals surface area contributed by atoms with Crippen LogP contribution in [0.3, 0.4) is 0 Å². The van der Waals surface area contributed by atoms with Crippen LogP contribution in [0.4, 0.5) is 10.2 Å². The second-order valence-corrected chi connectivity index (χ2v) is 12.3. The maximum atomic E-state index is 13.0. The van der Waals surface area contributed by atoms with E-state index < -0.39 is 5.97 Å². The van der Waals surface area contributed by atoms with E-state index in [0.29, 0.717) is 0 Å². The standard InChI is InChI=1S/C38H40FNO2S/c1-6-7-8-9-28-12-14-29(15-13-28)16-17-30-18-21-33-32(22-30)24-40(43-5)38-26(3)34(23-35(41)42-39)36(27(4)37(33)38)31-19-10-25(2)11-20-31/h10-22H,6-9,23-24H2,1-5H3/b17-16+. The first kappa shape index (κ1) is 30.6. The highest BCUT2D eigenvalue weighted by Gasteiger charge is 2.30. The molecule has 0 fully saturated rings. The van der Waals surface area contributed by atoms with Crippen LogP contribution in [0.25, 0.3) is 34.4 Å². The van der Waals surface area contributed by atoms with E-state index in [9.17, 15) is 9.32 Å². The smallest absolute Gasteiger partial charge is 0.311 e. The number of carbonyl (C=O) groups is 1. The SMILES string of the molecule is CCCCCc1ccc(/C=C/c2ccc3c(c2)CN(SC)c2c(C)c(CC(=O)OF)c(-c4ccc(C)cc4)c(C)c2-3)cc1. The summed E-state index contributed by atoms with van der Waals surface area (Å²) < 4.78 is 15.3. The minimum atomic E-state index is -0.884. The molecule has 4 aromatic rings. The normalized spacial score (nSPS) is 12.4. The maximum absolute atomic E-state index is 13.0. The van der Waals surface area contributed by atoms with Gasteiger partial charge in [0.2, 0.25) is 0 Å². The first-order valence-corrected chi connectivity index (χ1v) is 16.3. The van der Waals surface area contributed by atoms with E-state index in [0.717, 1.165) is 63.2 Å². The highest BCUT2D eigenvalue weighted by Crippen LogP contribution is 2.50. The molecule has 1 aliphatic heterocycles. The lowest BCUT2D eigenvalue weighted by Gasteiger charge is -2.36. The molecule has 5 heteroatoms. The van der Waals surface area contributed by atoms with Gasteiger partial charge in [-0.1, -0.05) is 110 Å². The van der Waals surface area contributed by atoms with Crippen molar-refractivity contribution < 1.29 is 14.3 Å². The van der Waals surface area contributed by atoms with E-state index >= 15 is 0 Å². The largest absolute Gasteiger partial charge is 0.353 e. The summed E-state index contributed by atoms with van der Waals surface area (Å²) in [7, 11) is 0. The fourth-order valence-corrected chi connectivity index (χ4v) is 6.92. The zero-order valence-corrected chi connectivity index (χ0v) is 26.6. The van der Waals surface area contributed by atoms with Gasteiger partial charge in [-0.25, -0.2) is 4.79 Å². The van der Waals surface area contributed by atoms with Crippen LogP contribution in [-0.4, -0.2) is 12.2 Å². The van der Waals surface area contributed by atoms with E-state index in [1.807, 2.05) is 6.92 Å². The number of unbranched alkanes of at least 4 members (excludes halogenated alkanes) is 2. The number of hydrogen-bond acceptors (Lipinski definition) is 4. The highest BCUT2D eigenvalue weighted by atomic mass is 32.2. The third-order valence-electron chi connectivity index (χ3n) is 8.54. The minimum Gasteiger partial charge on any atom is -0.311 e. The lowest BCUT2D eigenvalue weighted by atomic mass is 9.80. The van der Waals surface area contributed by atoms with Crippen LogP contribution < -0.4 is 4.31 Å². The molecule has 0 radical (unpaired) electrons. The molecular formula is C38H40FNO2S. The molecule has 0 atom stereocenters. The third kappa shape index (κ3) is 6.57. The van der Waals surface area contributed by atoms with Gasteiger partial charge in [0.15, 0.2) is 0 Å². The van der Waals surface area contributed by atoms with Crippen molar-refractivity contribution in [3.63, 3.8) is 0 Å². The Morgan fingerprint density at radius 2 is 1.60 bits per heavy atom. The summed E-state index contributed by atoms with van der Waals surface area (Å²) in [4.78, 5) is 15.9. The number of hydrogen-bond donors (Lipinski definition) is 0. The number of halogens is 1. The van der Waals surface area contributed by atoms with Crippen molar-refractivity contribution in [2.45, 2.75) is 66.3 Å². The minimum absolute atomic E-state index is 0.127. The number of benzene rings is 4. The summed E-state index contributed by atoms with van der Waals surface area (Å²) in [5.74, 6) is -0.884. The zero-order chi connectivity index (χ0) is 30.5. The predicted octanol–water partition coefficient (Wildman–Crippen LogP) is 10.4. The molecule has 5 rings (SSSR count). The summed E-state index contributed by atoms with van der Waals surface area (Å²) >= 11 is 1.66. The number of rotatable bonds is 10. The lowest BCUT2D eigenvalue weighted by molar-refractivity contribution is -0.182. The summed E-state index contributed by atoms with van der Waals surface area (Å²) in [5, 5.41) is 0. The van der Waals surface area contributed by atoms with E-state index in [4.69, 9.17) is 0 Å². The molecule has 3 nitrogen and oxygen atoms in total. The average molecular weight is 594 g/mol. The number of fused-ring (bicyclic) bond motifs is 3. The number of anilines is 1. The van der Waals surface area contributed by atoms with Crippen molar-refractivity contribution in [1.82, 2.24) is 0 Å². The van der Waals surface area contributed by atoms with Crippen LogP contribution in [-0.2, 0) is 29.1 Å². The Morgan fingerprint density at radius 1 is 0.907 bits per heavy atom. The van der Waals surface area contributed by atoms with Crippen molar-refractivity contribution in [2.75, 3.05) is 10.6 Å². The Labute approximate surface area is 259 Å². The van der Waals surface area contributed by atoms with E-state index in [2.05, 4.69) is 115 Å². The Hall–Kier alpha value is -3.83. The fraction of sp³-hybridized carbons (Fsp3) is 0.289. The van der Waals surface area contributed by atoms with E-state index in [1.54, 1.807) is 11.9 Å². The van der Waals surface area contributed by atoms with Crippen LogP contribution in [0.1, 0.15) is 70.7 Å². The van der Waals surface area contributed by atoms with Crippen LogP contribution in [0.5, 0.6) is 0 Å². The van der Waals surface area contributed by atoms with Gasteiger partial charge in [0.25, 0.3) is 0 Å². The van der Waals surface area contributed by atoms with Gasteiger partial charge >= 0.3 is 5.97 Å². The number of aryl methyl sites for hydroxylation is 2. The molecule has 43 heavy (non-hydrogen) atoms. The van der Waals surface area contributed by atoms with Crippen LogP contribution in [0, 0.1) is 20.8 Å². The molecule has 0 amide bonds. The van der Waals surface area contributed by atoms with Crippen LogP contribution in [0.2, 0.25) is 0 Å².